The van der Waals surface area contributed by atoms with E-state index in [4.69, 9.17) is 8.94 Å². The highest BCUT2D eigenvalue weighted by molar-refractivity contribution is 7.07. The Hall–Kier alpha value is -11.3. The lowest BCUT2D eigenvalue weighted by atomic mass is 9.96. The van der Waals surface area contributed by atoms with Gasteiger partial charge in [-0.1, -0.05) is 114 Å². The van der Waals surface area contributed by atoms with Crippen LogP contribution < -0.4 is 63.8 Å². The minimum absolute atomic E-state index is 0.0499. The summed E-state index contributed by atoms with van der Waals surface area (Å²) in [6.07, 6.45) is 60.1. The number of rotatable bonds is 1. The summed E-state index contributed by atoms with van der Waals surface area (Å²) in [6.45, 7) is 88.0. The van der Waals surface area contributed by atoms with Gasteiger partial charge in [-0.25, -0.2) is 41.1 Å². The highest BCUT2D eigenvalue weighted by Gasteiger charge is 2.28. The minimum Gasteiger partial charge on any atom is -0.412 e. The Morgan fingerprint density at radius 3 is 1.09 bits per heavy atom. The number of pyridine rings is 1. The average molecular weight is 1970 g/mol. The molecule has 0 radical (unpaired) electrons. The Morgan fingerprint density at radius 1 is 0.345 bits per heavy atom. The Kier molecular flexibility index (Phi) is 63.0. The molecule has 14 rings (SSSR count). The van der Waals surface area contributed by atoms with Crippen LogP contribution in [0.2, 0.25) is 0 Å². The van der Waals surface area contributed by atoms with Crippen molar-refractivity contribution in [3.8, 4) is 0 Å². The van der Waals surface area contributed by atoms with Crippen molar-refractivity contribution in [1.29, 1.82) is 0 Å². The van der Waals surface area contributed by atoms with E-state index in [-0.39, 0.29) is 55.3 Å². The van der Waals surface area contributed by atoms with E-state index >= 15 is 0 Å². The normalized spacial score (nSPS) is 11.0. The van der Waals surface area contributed by atoms with Gasteiger partial charge in [0.05, 0.1) is 85.6 Å². The molecule has 28 nitrogen and oxygen atoms in total. The van der Waals surface area contributed by atoms with Crippen molar-refractivity contribution in [1.82, 2.24) is 59.1 Å². The number of thiazole rings is 1. The van der Waals surface area contributed by atoms with Crippen LogP contribution in [0.25, 0.3) is 0 Å². The number of hydrogen-bond donors (Lipinski definition) is 0. The molecule has 0 unspecified atom stereocenters. The highest BCUT2D eigenvalue weighted by atomic mass is 32.1. The first-order valence-corrected chi connectivity index (χ1v) is 49.8. The van der Waals surface area contributed by atoms with E-state index in [1.54, 1.807) is 109 Å². The van der Waals surface area contributed by atoms with Crippen LogP contribution in [0.5, 0.6) is 0 Å². The van der Waals surface area contributed by atoms with Gasteiger partial charge in [0.15, 0.2) is 105 Å². The van der Waals surface area contributed by atoms with E-state index in [9.17, 15) is 0 Å². The first kappa shape index (κ1) is 132. The molecule has 14 aromatic heterocycles. The van der Waals surface area contributed by atoms with E-state index < -0.39 is 0 Å². The quantitative estimate of drug-likeness (QED) is 0.141. The van der Waals surface area contributed by atoms with E-state index in [1.165, 1.54) is 6.33 Å². The fourth-order valence-corrected chi connectivity index (χ4v) is 10.6. The number of imidazole rings is 1. The summed E-state index contributed by atoms with van der Waals surface area (Å²) >= 11 is 3.48. The molecule has 0 aliphatic carbocycles. The van der Waals surface area contributed by atoms with Crippen LogP contribution in [0.4, 0.5) is 0 Å². The van der Waals surface area contributed by atoms with Gasteiger partial charge in [-0.15, -0.1) is 13.3 Å². The SMILES string of the molecule is CC(C)(C)[n+]1ccccn1.CC(C)(C)[n+]1cccnc1.CC(C)(C)[n+]1ccco1.CC(C)(C)[n+]1ccoc1.CC(C)(C)[n+]1ccsc1.CC(C)(C)[n+]1cncnc1.CC(C)C.CC(C)C.CC(C)C.CC(C)[n+]1cccs1.C[n+]1ccccc1.C[n+]1ccccn1.C[n+]1cccn1C(C)(C)C.C[n+]1ccn(C(C)(C)C)c1.C[n+]1ccncc1.C[n+]1cnc(C(C)(C)C)nc1.C[n+]1cnn(C(C)(C)C)c1. The molecule has 30 heteroatoms. The van der Waals surface area contributed by atoms with Crippen molar-refractivity contribution in [3.05, 3.63) is 289 Å². The van der Waals surface area contributed by atoms with Crippen LogP contribution >= 0.6 is 22.9 Å². The second-order valence-corrected chi connectivity index (χ2v) is 46.9. The third kappa shape index (κ3) is 70.9. The van der Waals surface area contributed by atoms with Crippen LogP contribution in [-0.2, 0) is 105 Å². The molecule has 0 fully saturated rings. The smallest absolute Gasteiger partial charge is 0.334 e. The zero-order valence-electron chi connectivity index (χ0n) is 95.6. The van der Waals surface area contributed by atoms with Crippen molar-refractivity contribution in [2.75, 3.05) is 0 Å². The molecule has 0 atom stereocenters. The lowest BCUT2D eigenvalue weighted by Crippen LogP contribution is -2.52. The fourth-order valence-electron chi connectivity index (χ4n) is 9.19. The molecule has 14 heterocycles. The highest BCUT2D eigenvalue weighted by Crippen LogP contribution is 2.16. The monoisotopic (exact) mass is 1960 g/mol. The minimum atomic E-state index is 0.0499. The molecule has 0 amide bonds. The third-order valence-electron chi connectivity index (χ3n) is 16.8. The molecular formula is C109H194N26O2S2+14. The second kappa shape index (κ2) is 66.4. The number of aromatic nitrogens is 26. The summed E-state index contributed by atoms with van der Waals surface area (Å²) < 4.78 is 44.1. The Labute approximate surface area is 850 Å². The van der Waals surface area contributed by atoms with Crippen molar-refractivity contribution in [2.45, 2.75) is 345 Å². The molecule has 14 aromatic rings. The van der Waals surface area contributed by atoms with Crippen LogP contribution in [0.15, 0.2) is 292 Å². The number of aryl methyl sites for hydroxylation is 7. The summed E-state index contributed by atoms with van der Waals surface area (Å²) in [5.74, 6) is 3.38. The van der Waals surface area contributed by atoms with Gasteiger partial charge < -0.3 is 4.42 Å². The predicted octanol–water partition coefficient (Wildman–Crippen LogP) is 17.3. The lowest BCUT2D eigenvalue weighted by Gasteiger charge is -2.16. The van der Waals surface area contributed by atoms with Gasteiger partial charge in [0.2, 0.25) is 61.4 Å². The summed E-state index contributed by atoms with van der Waals surface area (Å²) in [6, 6.07) is 22.3. The lowest BCUT2D eigenvalue weighted by molar-refractivity contribution is -0.906. The van der Waals surface area contributed by atoms with Gasteiger partial charge in [0.25, 0.3) is 24.8 Å². The van der Waals surface area contributed by atoms with Crippen molar-refractivity contribution in [3.63, 3.8) is 0 Å². The van der Waals surface area contributed by atoms with Crippen LogP contribution in [-0.4, -0.2) is 59.1 Å². The summed E-state index contributed by atoms with van der Waals surface area (Å²) in [5, 5.41) is 16.4. The number of nitrogens with zero attached hydrogens (tertiary/aromatic N) is 26. The molecule has 0 spiro atoms. The standard InChI is InChI=1S/C8H14N3.2C8H15N2.2C8H13N2.C7H14N3.C7H12N3.2C7H12NO.C7H12NS.C6H10NS.C6H8N.2C5H7N2.3C4H10/c1-8(2,3)7-9-5-11(4)6-10-7;1-8(2,3)10-6-5-9(4)7-10;1-8(2,3)10-7-5-6-9(10)4;1-8(2,3)10-6-4-5-9-7-10;1-8(2,3)10-7-5-4-6-9-10;1-7(2,3)10-6-9(4)5-8-10;1-7(2,3)10-5-8-4-9-6-10;1-7(2,3)8-4-5-9-6-8;1-7(2,3)8-5-4-6-9-8;1-7(2,3)8-4-5-9-6-8;1-6(2)7-4-3-5-8-7;1-7-5-3-2-4-6-7;1-7-4-2-6-3-5-7;1-7-5-3-2-4-6-7;3*1-4(2)3/h5-6H,1-4H3;2*5-7H,1-4H3;2*4-7H,1-3H3;5-6H,1-4H3;4-6H,1-3H3;3*4-6H,1-3H3;3-6H,1-2H3;2-6H,1H3;2*2-5H,1H3;3*4H,1-3H3/q14*+1;;;. The molecule has 770 valence electrons. The van der Waals surface area contributed by atoms with E-state index in [0.717, 1.165) is 23.6 Å². The summed E-state index contributed by atoms with van der Waals surface area (Å²) in [7, 11) is 13.8. The molecule has 0 aliphatic heterocycles. The molecule has 139 heavy (non-hydrogen) atoms. The molecule has 0 saturated carbocycles. The third-order valence-corrected chi connectivity index (χ3v) is 18.5. The van der Waals surface area contributed by atoms with Gasteiger partial charge in [0.1, 0.15) is 60.8 Å². The maximum Gasteiger partial charge on any atom is 0.334 e. The van der Waals surface area contributed by atoms with Gasteiger partial charge in [-0.05, 0) is 183 Å². The predicted molar refractivity (Wildman–Crippen MR) is 560 cm³/mol. The van der Waals surface area contributed by atoms with Gasteiger partial charge in [0, 0.05) is 137 Å². The Bertz CT molecular complexity index is 4770. The van der Waals surface area contributed by atoms with E-state index in [1.807, 2.05) is 237 Å². The van der Waals surface area contributed by atoms with Crippen molar-refractivity contribution in [2.24, 2.45) is 67.1 Å². The topological polar surface area (TPSA) is 211 Å². The van der Waals surface area contributed by atoms with E-state index in [0.29, 0.717) is 6.04 Å². The molecule has 0 aromatic carbocycles. The number of hydrogen-bond acceptors (Lipinski definition) is 13. The Morgan fingerprint density at radius 2 is 0.856 bits per heavy atom. The van der Waals surface area contributed by atoms with Crippen molar-refractivity contribution >= 4 is 22.9 Å². The molecule has 0 saturated heterocycles. The molecule has 0 bridgehead atoms. The zero-order chi connectivity index (χ0) is 107. The van der Waals surface area contributed by atoms with Crippen LogP contribution in [0.1, 0.15) is 296 Å². The molecule has 0 aliphatic rings. The van der Waals surface area contributed by atoms with Crippen LogP contribution in [0, 0.1) is 17.8 Å². The molecular weight excluding hydrogens is 1770 g/mol. The average Bonchev–Trinajstić information content (AvgIpc) is 1.69. The maximum absolute atomic E-state index is 5.11. The van der Waals surface area contributed by atoms with Crippen molar-refractivity contribution < 1.29 is 72.8 Å². The largest absolute Gasteiger partial charge is 0.412 e. The van der Waals surface area contributed by atoms with E-state index in [2.05, 4.69) is 410 Å². The summed E-state index contributed by atoms with van der Waals surface area (Å²) in [5.41, 5.74) is 3.47. The first-order valence-electron chi connectivity index (χ1n) is 48.0. The van der Waals surface area contributed by atoms with Crippen LogP contribution in [0.3, 0.4) is 0 Å². The second-order valence-electron chi connectivity index (χ2n) is 45.2. The fraction of sp³-hybridized carbons (Fsp3) is 0.569. The van der Waals surface area contributed by atoms with Gasteiger partial charge in [-0.2, -0.15) is 13.8 Å². The molecule has 0 N–H and O–H groups in total. The summed E-state index contributed by atoms with van der Waals surface area (Å²) in [4.78, 5) is 24.0. The Balaban J connectivity index is -0.00000142. The van der Waals surface area contributed by atoms with Gasteiger partial charge in [-0.3, -0.25) is 4.98 Å². The zero-order valence-corrected chi connectivity index (χ0v) is 97.3. The first-order chi connectivity index (χ1) is 63.8. The number of oxazole rings is 1. The maximum atomic E-state index is 5.11. The van der Waals surface area contributed by atoms with Gasteiger partial charge >= 0.3 is 6.39 Å².